The predicted molar refractivity (Wildman–Crippen MR) is 132 cm³/mol. The van der Waals surface area contributed by atoms with Gasteiger partial charge in [0.15, 0.2) is 11.5 Å². The van der Waals surface area contributed by atoms with Gasteiger partial charge in [-0.1, -0.05) is 29.5 Å². The molecule has 9 heteroatoms. The second kappa shape index (κ2) is 10.6. The Labute approximate surface area is 199 Å². The van der Waals surface area contributed by atoms with Crippen molar-refractivity contribution in [2.45, 2.75) is 6.92 Å². The SMILES string of the molecule is CCOc1cc(/C=N\Nc2nc(-c3ccc(F)cc3)c(NC(=O)c3ccccc3)s2)ccc1O. The number of phenols is 1. The van der Waals surface area contributed by atoms with Gasteiger partial charge in [0.1, 0.15) is 16.5 Å². The highest BCUT2D eigenvalue weighted by Crippen LogP contribution is 2.36. The Hall–Kier alpha value is -4.24. The first-order valence-corrected chi connectivity index (χ1v) is 11.2. The number of carbonyl (C=O) groups excluding carboxylic acids is 1. The molecule has 3 N–H and O–H groups in total. The molecular weight excluding hydrogens is 455 g/mol. The monoisotopic (exact) mass is 476 g/mol. The number of carbonyl (C=O) groups is 1. The van der Waals surface area contributed by atoms with Crippen molar-refractivity contribution in [1.82, 2.24) is 4.98 Å². The third-order valence-electron chi connectivity index (χ3n) is 4.67. The van der Waals surface area contributed by atoms with E-state index in [0.29, 0.717) is 44.9 Å². The fourth-order valence-corrected chi connectivity index (χ4v) is 3.90. The van der Waals surface area contributed by atoms with Gasteiger partial charge in [0.05, 0.1) is 12.8 Å². The zero-order valence-electron chi connectivity index (χ0n) is 18.2. The van der Waals surface area contributed by atoms with Crippen molar-refractivity contribution >= 4 is 33.6 Å². The molecule has 0 fully saturated rings. The van der Waals surface area contributed by atoms with Crippen LogP contribution in [0, 0.1) is 5.82 Å². The third kappa shape index (κ3) is 5.57. The minimum atomic E-state index is -0.364. The molecule has 1 aromatic heterocycles. The van der Waals surface area contributed by atoms with E-state index < -0.39 is 0 Å². The number of amides is 1. The summed E-state index contributed by atoms with van der Waals surface area (Å²) in [5.74, 6) is -0.229. The van der Waals surface area contributed by atoms with Crippen LogP contribution in [0.25, 0.3) is 11.3 Å². The Balaban J connectivity index is 1.57. The van der Waals surface area contributed by atoms with Crippen molar-refractivity contribution < 1.29 is 19.0 Å². The standard InChI is InChI=1S/C25H21FN4O3S/c1-2-33-21-14-16(8-13-20(21)31)15-27-30-25-28-22(17-9-11-19(26)12-10-17)24(34-25)29-23(32)18-6-4-3-5-7-18/h3-15,31H,2H2,1H3,(H,28,30)(H,29,32)/b27-15-. The number of anilines is 2. The Morgan fingerprint density at radius 2 is 1.91 bits per heavy atom. The summed E-state index contributed by atoms with van der Waals surface area (Å²) in [5.41, 5.74) is 5.22. The second-order valence-electron chi connectivity index (χ2n) is 7.05. The van der Waals surface area contributed by atoms with Crippen molar-refractivity contribution in [2.75, 3.05) is 17.3 Å². The van der Waals surface area contributed by atoms with Gasteiger partial charge >= 0.3 is 0 Å². The number of hydrazone groups is 1. The van der Waals surface area contributed by atoms with Gasteiger partial charge in [-0.15, -0.1) is 0 Å². The fourth-order valence-electron chi connectivity index (χ4n) is 3.07. The topological polar surface area (TPSA) is 95.8 Å². The number of nitrogens with zero attached hydrogens (tertiary/aromatic N) is 2. The normalized spacial score (nSPS) is 10.9. The summed E-state index contributed by atoms with van der Waals surface area (Å²) >= 11 is 1.20. The number of rotatable bonds is 8. The van der Waals surface area contributed by atoms with E-state index in [1.165, 1.54) is 29.5 Å². The first-order valence-electron chi connectivity index (χ1n) is 10.4. The average molecular weight is 477 g/mol. The van der Waals surface area contributed by atoms with Crippen LogP contribution in [-0.2, 0) is 0 Å². The molecule has 0 spiro atoms. The molecule has 1 amide bonds. The summed E-state index contributed by atoms with van der Waals surface area (Å²) < 4.78 is 18.8. The largest absolute Gasteiger partial charge is 0.504 e. The van der Waals surface area contributed by atoms with Crippen LogP contribution in [-0.4, -0.2) is 28.8 Å². The molecule has 0 saturated carbocycles. The van der Waals surface area contributed by atoms with E-state index in [9.17, 15) is 14.3 Å². The molecule has 0 unspecified atom stereocenters. The van der Waals surface area contributed by atoms with Crippen LogP contribution in [0.3, 0.4) is 0 Å². The molecule has 3 aromatic carbocycles. The summed E-state index contributed by atoms with van der Waals surface area (Å²) in [6, 6.07) is 19.6. The molecule has 172 valence electrons. The first-order chi connectivity index (χ1) is 16.5. The van der Waals surface area contributed by atoms with Crippen LogP contribution in [0.5, 0.6) is 11.5 Å². The molecule has 0 aliphatic carbocycles. The fraction of sp³-hybridized carbons (Fsp3) is 0.0800. The van der Waals surface area contributed by atoms with Crippen LogP contribution in [0.15, 0.2) is 77.9 Å². The maximum Gasteiger partial charge on any atom is 0.256 e. The van der Waals surface area contributed by atoms with Crippen LogP contribution in [0.4, 0.5) is 14.5 Å². The van der Waals surface area contributed by atoms with Crippen molar-refractivity contribution in [1.29, 1.82) is 0 Å². The van der Waals surface area contributed by atoms with E-state index in [0.717, 1.165) is 0 Å². The van der Waals surface area contributed by atoms with Gasteiger partial charge in [-0.3, -0.25) is 10.2 Å². The summed E-state index contributed by atoms with van der Waals surface area (Å²) in [5, 5.41) is 17.9. The second-order valence-corrected chi connectivity index (χ2v) is 8.05. The zero-order valence-corrected chi connectivity index (χ0v) is 19.0. The summed E-state index contributed by atoms with van der Waals surface area (Å²) in [6.45, 7) is 2.26. The molecule has 0 aliphatic heterocycles. The lowest BCUT2D eigenvalue weighted by Gasteiger charge is -2.05. The van der Waals surface area contributed by atoms with Crippen molar-refractivity contribution in [3.8, 4) is 22.8 Å². The lowest BCUT2D eigenvalue weighted by Crippen LogP contribution is -2.11. The molecule has 0 atom stereocenters. The maximum absolute atomic E-state index is 13.4. The Kier molecular flexibility index (Phi) is 7.14. The maximum atomic E-state index is 13.4. The quantitative estimate of drug-likeness (QED) is 0.222. The highest BCUT2D eigenvalue weighted by molar-refractivity contribution is 7.20. The highest BCUT2D eigenvalue weighted by atomic mass is 32.1. The molecule has 34 heavy (non-hydrogen) atoms. The van der Waals surface area contributed by atoms with E-state index in [4.69, 9.17) is 4.74 Å². The number of ether oxygens (including phenoxy) is 1. The van der Waals surface area contributed by atoms with E-state index >= 15 is 0 Å². The van der Waals surface area contributed by atoms with E-state index in [1.807, 2.05) is 13.0 Å². The van der Waals surface area contributed by atoms with Crippen LogP contribution >= 0.6 is 11.3 Å². The average Bonchev–Trinajstić information content (AvgIpc) is 3.24. The van der Waals surface area contributed by atoms with Gasteiger partial charge < -0.3 is 15.2 Å². The van der Waals surface area contributed by atoms with E-state index in [2.05, 4.69) is 20.8 Å². The zero-order chi connectivity index (χ0) is 23.9. The van der Waals surface area contributed by atoms with Gasteiger partial charge in [0.2, 0.25) is 5.13 Å². The number of aromatic nitrogens is 1. The minimum Gasteiger partial charge on any atom is -0.504 e. The van der Waals surface area contributed by atoms with Gasteiger partial charge in [0, 0.05) is 11.1 Å². The first kappa shape index (κ1) is 22.9. The summed E-state index contributed by atoms with van der Waals surface area (Å²) in [4.78, 5) is 17.2. The van der Waals surface area contributed by atoms with E-state index in [-0.39, 0.29) is 17.5 Å². The molecule has 0 saturated heterocycles. The molecule has 0 radical (unpaired) electrons. The minimum absolute atomic E-state index is 0.0506. The van der Waals surface area contributed by atoms with Crippen LogP contribution < -0.4 is 15.5 Å². The van der Waals surface area contributed by atoms with Crippen molar-refractivity contribution in [2.24, 2.45) is 5.10 Å². The van der Waals surface area contributed by atoms with Gasteiger partial charge in [-0.25, -0.2) is 9.37 Å². The number of hydrogen-bond donors (Lipinski definition) is 3. The number of benzene rings is 3. The molecule has 0 bridgehead atoms. The Morgan fingerprint density at radius 3 is 2.65 bits per heavy atom. The third-order valence-corrected chi connectivity index (χ3v) is 5.54. The number of halogens is 1. The lowest BCUT2D eigenvalue weighted by atomic mass is 10.1. The molecule has 7 nitrogen and oxygen atoms in total. The van der Waals surface area contributed by atoms with Gasteiger partial charge in [-0.2, -0.15) is 5.10 Å². The number of phenolic OH excluding ortho intramolecular Hbond substituents is 1. The van der Waals surface area contributed by atoms with E-state index in [1.54, 1.807) is 54.7 Å². The summed E-state index contributed by atoms with van der Waals surface area (Å²) in [6.07, 6.45) is 1.56. The van der Waals surface area contributed by atoms with Gasteiger partial charge in [-0.05, 0) is 67.1 Å². The molecular formula is C25H21FN4O3S. The number of nitrogens with one attached hydrogen (secondary N) is 2. The Bertz CT molecular complexity index is 1310. The highest BCUT2D eigenvalue weighted by Gasteiger charge is 2.16. The molecule has 0 aliphatic rings. The smallest absolute Gasteiger partial charge is 0.256 e. The van der Waals surface area contributed by atoms with Crippen molar-refractivity contribution in [3.05, 3.63) is 89.7 Å². The van der Waals surface area contributed by atoms with Crippen LogP contribution in [0.2, 0.25) is 0 Å². The molecule has 4 rings (SSSR count). The molecule has 4 aromatic rings. The predicted octanol–water partition coefficient (Wildman–Crippen LogP) is 5.75. The van der Waals surface area contributed by atoms with Crippen molar-refractivity contribution in [3.63, 3.8) is 0 Å². The summed E-state index contributed by atoms with van der Waals surface area (Å²) in [7, 11) is 0. The number of aromatic hydroxyl groups is 1. The Morgan fingerprint density at radius 1 is 1.15 bits per heavy atom. The van der Waals surface area contributed by atoms with Gasteiger partial charge in [0.25, 0.3) is 5.91 Å². The molecule has 1 heterocycles. The number of hydrogen-bond acceptors (Lipinski definition) is 7. The van der Waals surface area contributed by atoms with Crippen LogP contribution in [0.1, 0.15) is 22.8 Å². The number of thiazole rings is 1. The lowest BCUT2D eigenvalue weighted by molar-refractivity contribution is 0.102.